The van der Waals surface area contributed by atoms with Crippen LogP contribution in [-0.2, 0) is 20.4 Å². The number of anilines is 1. The van der Waals surface area contributed by atoms with Crippen molar-refractivity contribution < 1.29 is 31.4 Å². The summed E-state index contributed by atoms with van der Waals surface area (Å²) < 4.78 is 73.1. The zero-order valence-corrected chi connectivity index (χ0v) is 20.8. The molecule has 1 unspecified atom stereocenters. The fourth-order valence-electron chi connectivity index (χ4n) is 3.30. The Morgan fingerprint density at radius 3 is 2.45 bits per heavy atom. The summed E-state index contributed by atoms with van der Waals surface area (Å²) >= 11 is 4.32. The molecule has 1 saturated heterocycles. The SMILES string of the molecule is CC(O)(c1cnc(N[C@H](CNS(=O)(=O)c2ccc(Br)s2)CC2CCOCC2)nc1)C(F)(F)F. The molecule has 2 aromatic heterocycles. The highest BCUT2D eigenvalue weighted by molar-refractivity contribution is 9.11. The first-order chi connectivity index (χ1) is 15.4. The highest BCUT2D eigenvalue weighted by Gasteiger charge is 2.51. The number of hydrogen-bond donors (Lipinski definition) is 3. The number of aliphatic hydroxyl groups is 1. The van der Waals surface area contributed by atoms with Gasteiger partial charge in [0.05, 0.1) is 3.79 Å². The van der Waals surface area contributed by atoms with Crippen LogP contribution in [0.4, 0.5) is 19.1 Å². The summed E-state index contributed by atoms with van der Waals surface area (Å²) in [5, 5.41) is 12.8. The highest BCUT2D eigenvalue weighted by atomic mass is 79.9. The molecule has 1 fully saturated rings. The molecule has 0 aliphatic carbocycles. The van der Waals surface area contributed by atoms with Crippen LogP contribution in [0.3, 0.4) is 0 Å². The van der Waals surface area contributed by atoms with Crippen molar-refractivity contribution >= 4 is 43.2 Å². The lowest BCUT2D eigenvalue weighted by molar-refractivity contribution is -0.259. The van der Waals surface area contributed by atoms with Crippen molar-refractivity contribution in [2.24, 2.45) is 5.92 Å². The number of sulfonamides is 1. The van der Waals surface area contributed by atoms with E-state index in [-0.39, 0.29) is 22.6 Å². The third-order valence-electron chi connectivity index (χ3n) is 5.39. The Labute approximate surface area is 202 Å². The fraction of sp³-hybridized carbons (Fsp3) is 0.579. The molecule has 3 rings (SSSR count). The van der Waals surface area contributed by atoms with Crippen LogP contribution in [0.15, 0.2) is 32.5 Å². The number of hydrogen-bond acceptors (Lipinski definition) is 8. The Kier molecular flexibility index (Phi) is 8.38. The Hall–Kier alpha value is -1.32. The molecular weight excluding hydrogens is 549 g/mol. The first-order valence-corrected chi connectivity index (χ1v) is 13.2. The second kappa shape index (κ2) is 10.5. The summed E-state index contributed by atoms with van der Waals surface area (Å²) in [6.07, 6.45) is -0.852. The van der Waals surface area contributed by atoms with Crippen molar-refractivity contribution in [3.05, 3.63) is 33.9 Å². The summed E-state index contributed by atoms with van der Waals surface area (Å²) in [5.74, 6) is 0.314. The van der Waals surface area contributed by atoms with Gasteiger partial charge in [-0.25, -0.2) is 23.1 Å². The minimum atomic E-state index is -4.88. The molecule has 184 valence electrons. The number of ether oxygens (including phenoxy) is 1. The molecule has 0 bridgehead atoms. The summed E-state index contributed by atoms with van der Waals surface area (Å²) in [6.45, 7) is 1.89. The minimum Gasteiger partial charge on any atom is -0.381 e. The molecule has 3 N–H and O–H groups in total. The van der Waals surface area contributed by atoms with Gasteiger partial charge >= 0.3 is 6.18 Å². The summed E-state index contributed by atoms with van der Waals surface area (Å²) in [7, 11) is -3.74. The molecule has 8 nitrogen and oxygen atoms in total. The van der Waals surface area contributed by atoms with Crippen LogP contribution in [0.5, 0.6) is 0 Å². The molecule has 3 heterocycles. The first-order valence-electron chi connectivity index (χ1n) is 10.1. The first kappa shape index (κ1) is 26.3. The summed E-state index contributed by atoms with van der Waals surface area (Å²) in [6, 6.07) is 2.72. The average molecular weight is 573 g/mol. The summed E-state index contributed by atoms with van der Waals surface area (Å²) in [5.41, 5.74) is -3.58. The van der Waals surface area contributed by atoms with Crippen molar-refractivity contribution in [2.45, 2.75) is 48.2 Å². The van der Waals surface area contributed by atoms with Gasteiger partial charge in [-0.1, -0.05) is 0 Å². The lowest BCUT2D eigenvalue weighted by atomic mass is 9.92. The number of aromatic nitrogens is 2. The molecule has 2 aromatic rings. The van der Waals surface area contributed by atoms with Crippen LogP contribution in [-0.4, -0.2) is 55.5 Å². The van der Waals surface area contributed by atoms with Gasteiger partial charge in [0.2, 0.25) is 16.0 Å². The maximum absolute atomic E-state index is 13.0. The predicted molar refractivity (Wildman–Crippen MR) is 120 cm³/mol. The van der Waals surface area contributed by atoms with Crippen molar-refractivity contribution in [3.8, 4) is 0 Å². The Bertz CT molecular complexity index is 1030. The normalized spacial score (nSPS) is 18.6. The molecule has 0 spiro atoms. The van der Waals surface area contributed by atoms with Gasteiger partial charge in [0.15, 0.2) is 5.60 Å². The zero-order chi connectivity index (χ0) is 24.3. The number of thiophene rings is 1. The Balaban J connectivity index is 1.72. The predicted octanol–water partition coefficient (Wildman–Crippen LogP) is 3.65. The molecule has 0 aromatic carbocycles. The third-order valence-corrected chi connectivity index (χ3v) is 8.93. The van der Waals surface area contributed by atoms with Gasteiger partial charge in [0.25, 0.3) is 0 Å². The van der Waals surface area contributed by atoms with E-state index in [0.717, 1.165) is 36.6 Å². The maximum atomic E-state index is 13.0. The molecule has 0 amide bonds. The molecule has 14 heteroatoms. The standard InChI is InChI=1S/C19H24BrF3N4O4S2/c1-18(28,19(21,22)23)13-9-24-17(25-10-13)27-14(8-12-4-6-31-7-5-12)11-26-33(29,30)16-3-2-15(20)32-16/h2-3,9-10,12,14,26,28H,4-8,11H2,1H3,(H,24,25,27)/t14-,18?/m0/s1. The van der Waals surface area contributed by atoms with Gasteiger partial charge in [-0.3, -0.25) is 0 Å². The van der Waals surface area contributed by atoms with Crippen molar-refractivity contribution in [1.29, 1.82) is 0 Å². The van der Waals surface area contributed by atoms with Crippen LogP contribution in [0.1, 0.15) is 31.7 Å². The molecule has 1 aliphatic heterocycles. The molecular formula is C19H24BrF3N4O4S2. The Morgan fingerprint density at radius 2 is 1.91 bits per heavy atom. The van der Waals surface area contributed by atoms with Gasteiger partial charge in [0, 0.05) is 43.8 Å². The van der Waals surface area contributed by atoms with E-state index in [1.807, 2.05) is 0 Å². The average Bonchev–Trinajstić information content (AvgIpc) is 3.20. The Morgan fingerprint density at radius 1 is 1.27 bits per heavy atom. The molecule has 33 heavy (non-hydrogen) atoms. The second-order valence-electron chi connectivity index (χ2n) is 7.91. The number of rotatable bonds is 9. The molecule has 0 radical (unpaired) electrons. The summed E-state index contributed by atoms with van der Waals surface area (Å²) in [4.78, 5) is 7.82. The maximum Gasteiger partial charge on any atom is 0.421 e. The van der Waals surface area contributed by atoms with Gasteiger partial charge in [-0.2, -0.15) is 13.2 Å². The van der Waals surface area contributed by atoms with Crippen molar-refractivity contribution in [3.63, 3.8) is 0 Å². The van der Waals surface area contributed by atoms with Crippen molar-refractivity contribution in [2.75, 3.05) is 25.1 Å². The monoisotopic (exact) mass is 572 g/mol. The fourth-order valence-corrected chi connectivity index (χ4v) is 6.44. The number of alkyl halides is 3. The van der Waals surface area contributed by atoms with E-state index in [1.165, 1.54) is 6.07 Å². The zero-order valence-electron chi connectivity index (χ0n) is 17.6. The van der Waals surface area contributed by atoms with E-state index >= 15 is 0 Å². The van der Waals surface area contributed by atoms with E-state index in [4.69, 9.17) is 4.74 Å². The second-order valence-corrected chi connectivity index (χ2v) is 12.4. The number of nitrogens with zero attached hydrogens (tertiary/aromatic N) is 2. The van der Waals surface area contributed by atoms with Crippen LogP contribution < -0.4 is 10.0 Å². The van der Waals surface area contributed by atoms with Gasteiger partial charge < -0.3 is 15.2 Å². The van der Waals surface area contributed by atoms with E-state index < -0.39 is 33.4 Å². The highest BCUT2D eigenvalue weighted by Crippen LogP contribution is 2.38. The minimum absolute atomic E-state index is 0.0284. The number of nitrogens with one attached hydrogen (secondary N) is 2. The lowest BCUT2D eigenvalue weighted by Crippen LogP contribution is -2.40. The lowest BCUT2D eigenvalue weighted by Gasteiger charge is -2.28. The van der Waals surface area contributed by atoms with Gasteiger partial charge in [-0.05, 0) is 60.2 Å². The van der Waals surface area contributed by atoms with E-state index in [2.05, 4.69) is 35.9 Å². The van der Waals surface area contributed by atoms with Crippen LogP contribution >= 0.6 is 27.3 Å². The largest absolute Gasteiger partial charge is 0.421 e. The van der Waals surface area contributed by atoms with Gasteiger partial charge in [-0.15, -0.1) is 11.3 Å². The van der Waals surface area contributed by atoms with Crippen LogP contribution in [0, 0.1) is 5.92 Å². The number of halogens is 4. The smallest absolute Gasteiger partial charge is 0.381 e. The van der Waals surface area contributed by atoms with Gasteiger partial charge in [0.1, 0.15) is 4.21 Å². The molecule has 0 saturated carbocycles. The molecule has 1 aliphatic rings. The third kappa shape index (κ3) is 6.85. The van der Waals surface area contributed by atoms with Crippen molar-refractivity contribution in [1.82, 2.24) is 14.7 Å². The topological polar surface area (TPSA) is 113 Å². The van der Waals surface area contributed by atoms with E-state index in [0.29, 0.717) is 30.3 Å². The van der Waals surface area contributed by atoms with Crippen LogP contribution in [0.25, 0.3) is 0 Å². The quantitative estimate of drug-likeness (QED) is 0.420. The molecule has 2 atom stereocenters. The van der Waals surface area contributed by atoms with E-state index in [1.54, 1.807) is 6.07 Å². The van der Waals surface area contributed by atoms with E-state index in [9.17, 15) is 26.7 Å². The van der Waals surface area contributed by atoms with Crippen LogP contribution in [0.2, 0.25) is 0 Å².